The van der Waals surface area contributed by atoms with Crippen molar-refractivity contribution in [2.45, 2.75) is 37.9 Å². The lowest BCUT2D eigenvalue weighted by Gasteiger charge is -2.17. The third-order valence-corrected chi connectivity index (χ3v) is 8.29. The average Bonchev–Trinajstić information content (AvgIpc) is 3.34. The largest absolute Gasteiger partial charge is 0.316 e. The van der Waals surface area contributed by atoms with Crippen LogP contribution in [-0.2, 0) is 24.2 Å². The predicted molar refractivity (Wildman–Crippen MR) is 135 cm³/mol. The zero-order chi connectivity index (χ0) is 23.5. The second-order valence-corrected chi connectivity index (χ2v) is 10.7. The summed E-state index contributed by atoms with van der Waals surface area (Å²) in [7, 11) is 0. The van der Waals surface area contributed by atoms with Gasteiger partial charge in [0, 0.05) is 17.0 Å². The van der Waals surface area contributed by atoms with Crippen LogP contribution in [0.4, 0.5) is 5.00 Å². The number of allylic oxidation sites excluding steroid dienone is 1. The smallest absolute Gasteiger partial charge is 0.235 e. The highest BCUT2D eigenvalue weighted by Gasteiger charge is 2.25. The lowest BCUT2D eigenvalue weighted by Crippen LogP contribution is -2.15. The molecular formula is C23H21Cl2N5OS2. The minimum absolute atomic E-state index is 0.139. The minimum Gasteiger partial charge on any atom is -0.316 e. The van der Waals surface area contributed by atoms with Gasteiger partial charge < -0.3 is 5.32 Å². The number of nitrogens with zero attached hydrogens (tertiary/aromatic N) is 4. The molecule has 0 saturated carbocycles. The zero-order valence-electron chi connectivity index (χ0n) is 17.9. The molecule has 4 rings (SSSR count). The van der Waals surface area contributed by atoms with Crippen LogP contribution in [0, 0.1) is 17.2 Å². The number of thiophene rings is 1. The lowest BCUT2D eigenvalue weighted by atomic mass is 9.89. The van der Waals surface area contributed by atoms with E-state index in [1.54, 1.807) is 18.2 Å². The van der Waals surface area contributed by atoms with E-state index in [1.807, 2.05) is 10.6 Å². The molecule has 0 bridgehead atoms. The van der Waals surface area contributed by atoms with Gasteiger partial charge in [0.1, 0.15) is 11.1 Å². The van der Waals surface area contributed by atoms with Crippen LogP contribution >= 0.6 is 46.3 Å². The van der Waals surface area contributed by atoms with Gasteiger partial charge in [-0.2, -0.15) is 5.26 Å². The quantitative estimate of drug-likeness (QED) is 0.296. The van der Waals surface area contributed by atoms with E-state index in [-0.39, 0.29) is 11.7 Å². The number of nitrogens with one attached hydrogen (secondary N) is 1. The fraction of sp³-hybridized carbons (Fsp3) is 0.304. The third-order valence-electron chi connectivity index (χ3n) is 5.42. The highest BCUT2D eigenvalue weighted by molar-refractivity contribution is 7.99. The van der Waals surface area contributed by atoms with Crippen molar-refractivity contribution in [3.8, 4) is 17.5 Å². The molecule has 0 radical (unpaired) electrons. The molecule has 0 fully saturated rings. The van der Waals surface area contributed by atoms with Crippen molar-refractivity contribution in [2.75, 3.05) is 11.1 Å². The Labute approximate surface area is 210 Å². The first-order chi connectivity index (χ1) is 15.9. The fourth-order valence-electron chi connectivity index (χ4n) is 3.79. The van der Waals surface area contributed by atoms with Gasteiger partial charge in [-0.15, -0.1) is 28.1 Å². The van der Waals surface area contributed by atoms with Crippen molar-refractivity contribution in [3.63, 3.8) is 0 Å². The molecule has 3 aromatic rings. The summed E-state index contributed by atoms with van der Waals surface area (Å²) < 4.78 is 1.87. The molecule has 1 unspecified atom stereocenters. The Bertz CT molecular complexity index is 1260. The number of halogens is 2. The molecule has 33 heavy (non-hydrogen) atoms. The Kier molecular flexibility index (Phi) is 7.45. The maximum absolute atomic E-state index is 12.7. The van der Waals surface area contributed by atoms with Gasteiger partial charge in [0.2, 0.25) is 5.91 Å². The number of fused-ring (bicyclic) bond motifs is 1. The molecule has 0 saturated heterocycles. The summed E-state index contributed by atoms with van der Waals surface area (Å²) in [5, 5.41) is 23.2. The molecule has 1 atom stereocenters. The summed E-state index contributed by atoms with van der Waals surface area (Å²) in [4.78, 5) is 13.9. The number of hydrogen-bond acceptors (Lipinski definition) is 6. The molecule has 1 aromatic carbocycles. The summed E-state index contributed by atoms with van der Waals surface area (Å²) in [6.07, 6.45) is 4.66. The first kappa shape index (κ1) is 23.8. The molecule has 10 heteroatoms. The van der Waals surface area contributed by atoms with Crippen molar-refractivity contribution in [3.05, 3.63) is 56.9 Å². The van der Waals surface area contributed by atoms with Gasteiger partial charge in [0.15, 0.2) is 11.0 Å². The molecule has 0 aliphatic heterocycles. The minimum atomic E-state index is -0.188. The second kappa shape index (κ2) is 10.3. The average molecular weight is 518 g/mol. The van der Waals surface area contributed by atoms with Crippen molar-refractivity contribution in [2.24, 2.45) is 5.92 Å². The number of thioether (sulfide) groups is 1. The van der Waals surface area contributed by atoms with Crippen LogP contribution in [0.15, 0.2) is 36.0 Å². The molecule has 2 heterocycles. The third kappa shape index (κ3) is 5.12. The molecule has 1 amide bonds. The second-order valence-electron chi connectivity index (χ2n) is 7.84. The Morgan fingerprint density at radius 3 is 2.97 bits per heavy atom. The first-order valence-corrected chi connectivity index (χ1v) is 12.9. The number of aromatic nitrogens is 3. The number of anilines is 1. The normalized spacial score (nSPS) is 15.0. The van der Waals surface area contributed by atoms with E-state index < -0.39 is 0 Å². The maximum atomic E-state index is 12.7. The van der Waals surface area contributed by atoms with Gasteiger partial charge in [-0.3, -0.25) is 9.36 Å². The molecule has 0 spiro atoms. The zero-order valence-corrected chi connectivity index (χ0v) is 21.0. The van der Waals surface area contributed by atoms with E-state index in [9.17, 15) is 10.1 Å². The number of carbonyl (C=O) groups excluding carboxylic acids is 1. The van der Waals surface area contributed by atoms with Crippen LogP contribution in [0.3, 0.4) is 0 Å². The predicted octanol–water partition coefficient (Wildman–Crippen LogP) is 6.23. The van der Waals surface area contributed by atoms with Crippen molar-refractivity contribution in [1.82, 2.24) is 14.8 Å². The molecule has 1 aliphatic rings. The van der Waals surface area contributed by atoms with Crippen LogP contribution in [0.2, 0.25) is 10.0 Å². The van der Waals surface area contributed by atoms with Gasteiger partial charge in [-0.1, -0.05) is 48.0 Å². The summed E-state index contributed by atoms with van der Waals surface area (Å²) in [6, 6.07) is 7.55. The lowest BCUT2D eigenvalue weighted by molar-refractivity contribution is -0.113. The van der Waals surface area contributed by atoms with Crippen molar-refractivity contribution >= 4 is 57.2 Å². The Morgan fingerprint density at radius 1 is 1.42 bits per heavy atom. The number of amides is 1. The maximum Gasteiger partial charge on any atom is 0.235 e. The first-order valence-electron chi connectivity index (χ1n) is 10.4. The van der Waals surface area contributed by atoms with Crippen LogP contribution in [0.25, 0.3) is 11.4 Å². The van der Waals surface area contributed by atoms with E-state index in [4.69, 9.17) is 23.2 Å². The highest BCUT2D eigenvalue weighted by atomic mass is 35.5. The number of rotatable bonds is 7. The van der Waals surface area contributed by atoms with Crippen LogP contribution in [-0.4, -0.2) is 26.4 Å². The van der Waals surface area contributed by atoms with Crippen LogP contribution < -0.4 is 5.32 Å². The molecule has 6 nitrogen and oxygen atoms in total. The number of benzene rings is 1. The monoisotopic (exact) mass is 517 g/mol. The fourth-order valence-corrected chi connectivity index (χ4v) is 6.21. The van der Waals surface area contributed by atoms with Crippen molar-refractivity contribution < 1.29 is 4.79 Å². The van der Waals surface area contributed by atoms with Crippen LogP contribution in [0.5, 0.6) is 0 Å². The van der Waals surface area contributed by atoms with E-state index >= 15 is 0 Å². The van der Waals surface area contributed by atoms with Crippen LogP contribution in [0.1, 0.15) is 29.3 Å². The topological polar surface area (TPSA) is 83.6 Å². The molecule has 2 aromatic heterocycles. The van der Waals surface area contributed by atoms with Gasteiger partial charge >= 0.3 is 0 Å². The summed E-state index contributed by atoms with van der Waals surface area (Å²) >= 11 is 15.0. The Balaban J connectivity index is 1.49. The van der Waals surface area contributed by atoms with E-state index in [0.29, 0.717) is 44.1 Å². The standard InChI is InChI=1S/C23H21Cl2N5OS2/c1-3-8-30-21(14-5-7-17(24)18(25)10-14)28-29-23(30)32-12-20(31)27-22-16(11-26)15-6-4-13(2)9-19(15)33-22/h3,5,7,10,13H,1,4,6,8-9,12H2,2H3,(H,27,31). The Morgan fingerprint density at radius 2 is 2.24 bits per heavy atom. The SMILES string of the molecule is C=CCn1c(SCC(=O)Nc2sc3c(c2C#N)CCC(C)C3)nnc1-c1ccc(Cl)c(Cl)c1. The van der Waals surface area contributed by atoms with Gasteiger partial charge in [0.25, 0.3) is 0 Å². The molecular weight excluding hydrogens is 497 g/mol. The molecule has 170 valence electrons. The van der Waals surface area contributed by atoms with Gasteiger partial charge in [-0.05, 0) is 48.9 Å². The van der Waals surface area contributed by atoms with Gasteiger partial charge in [0.05, 0.1) is 21.4 Å². The summed E-state index contributed by atoms with van der Waals surface area (Å²) in [5.74, 6) is 1.17. The molecule has 1 N–H and O–H groups in total. The summed E-state index contributed by atoms with van der Waals surface area (Å²) in [6.45, 7) is 6.50. The number of nitriles is 1. The number of carbonyl (C=O) groups is 1. The van der Waals surface area contributed by atoms with E-state index in [0.717, 1.165) is 30.4 Å². The van der Waals surface area contributed by atoms with Gasteiger partial charge in [-0.25, -0.2) is 0 Å². The summed E-state index contributed by atoms with van der Waals surface area (Å²) in [5.41, 5.74) is 2.48. The van der Waals surface area contributed by atoms with Crippen molar-refractivity contribution in [1.29, 1.82) is 5.26 Å². The number of hydrogen-bond donors (Lipinski definition) is 1. The molecule has 1 aliphatic carbocycles. The van der Waals surface area contributed by atoms with E-state index in [1.165, 1.54) is 28.0 Å². The van der Waals surface area contributed by atoms with E-state index in [2.05, 4.69) is 35.1 Å². The Hall–Kier alpha value is -2.31. The highest BCUT2D eigenvalue weighted by Crippen LogP contribution is 2.39.